The molecule has 43 heavy (non-hydrogen) atoms. The zero-order valence-electron chi connectivity index (χ0n) is 26.1. The van der Waals surface area contributed by atoms with Crippen LogP contribution in [0.25, 0.3) is 0 Å². The SMILES string of the molecule is CC[C@@H](C(=O)NC(C)(C)C)N(Cc1ccccc1Cl)C(=O)CN(c1ccc(C23CC4CC(CC(C4)C2)C3)cc1)S(C)(=O)=O. The molecule has 0 radical (unpaired) electrons. The van der Waals surface area contributed by atoms with Crippen molar-refractivity contribution in [1.29, 1.82) is 0 Å². The maximum Gasteiger partial charge on any atom is 0.244 e. The average molecular weight is 628 g/mol. The van der Waals surface area contributed by atoms with Gasteiger partial charge in [0.1, 0.15) is 12.6 Å². The number of anilines is 1. The first-order valence-electron chi connectivity index (χ1n) is 15.6. The molecule has 4 aliphatic carbocycles. The summed E-state index contributed by atoms with van der Waals surface area (Å²) in [7, 11) is -3.81. The van der Waals surface area contributed by atoms with E-state index in [4.69, 9.17) is 11.6 Å². The highest BCUT2D eigenvalue weighted by Crippen LogP contribution is 2.60. The van der Waals surface area contributed by atoms with Crippen LogP contribution in [0.4, 0.5) is 5.69 Å². The van der Waals surface area contributed by atoms with E-state index in [1.807, 2.05) is 52.0 Å². The molecule has 4 saturated carbocycles. The summed E-state index contributed by atoms with van der Waals surface area (Å²) in [6, 6.07) is 14.3. The Morgan fingerprint density at radius 1 is 0.977 bits per heavy atom. The molecular formula is C34H46ClN3O4S. The largest absolute Gasteiger partial charge is 0.350 e. The van der Waals surface area contributed by atoms with Crippen LogP contribution in [0, 0.1) is 17.8 Å². The van der Waals surface area contributed by atoms with Gasteiger partial charge in [-0.1, -0.05) is 48.9 Å². The lowest BCUT2D eigenvalue weighted by molar-refractivity contribution is -0.141. The molecule has 0 heterocycles. The van der Waals surface area contributed by atoms with Gasteiger partial charge < -0.3 is 10.2 Å². The molecule has 1 atom stereocenters. The molecule has 0 aliphatic heterocycles. The van der Waals surface area contributed by atoms with E-state index in [0.29, 0.717) is 22.7 Å². The van der Waals surface area contributed by atoms with Crippen LogP contribution in [-0.4, -0.2) is 49.5 Å². The van der Waals surface area contributed by atoms with Crippen molar-refractivity contribution in [2.24, 2.45) is 17.8 Å². The molecule has 0 unspecified atom stereocenters. The Kier molecular flexibility index (Phi) is 8.94. The Hall–Kier alpha value is -2.58. The van der Waals surface area contributed by atoms with Crippen molar-refractivity contribution in [2.45, 2.75) is 96.2 Å². The first kappa shape index (κ1) is 31.8. The van der Waals surface area contributed by atoms with Crippen molar-refractivity contribution in [3.63, 3.8) is 0 Å². The number of halogens is 1. The third kappa shape index (κ3) is 7.06. The number of hydrogen-bond donors (Lipinski definition) is 1. The summed E-state index contributed by atoms with van der Waals surface area (Å²) >= 11 is 6.46. The van der Waals surface area contributed by atoms with Crippen molar-refractivity contribution < 1.29 is 18.0 Å². The van der Waals surface area contributed by atoms with Crippen molar-refractivity contribution in [3.05, 3.63) is 64.7 Å². The molecule has 0 saturated heterocycles. The van der Waals surface area contributed by atoms with Crippen molar-refractivity contribution >= 4 is 39.1 Å². The van der Waals surface area contributed by atoms with Crippen LogP contribution >= 0.6 is 11.6 Å². The Labute approximate surface area is 262 Å². The van der Waals surface area contributed by atoms with Crippen LogP contribution in [0.15, 0.2) is 48.5 Å². The summed E-state index contributed by atoms with van der Waals surface area (Å²) < 4.78 is 27.4. The standard InChI is InChI=1S/C34H46ClN3O4S/c1-6-30(32(40)36-33(2,3)4)37(21-26-9-7-8-10-29(26)35)31(39)22-38(43(5,41)42)28-13-11-27(12-14-28)34-18-23-15-24(19-34)17-25(16-23)20-34/h7-14,23-25,30H,6,15-22H2,1-5H3,(H,36,40)/t23?,24?,25?,30-,34?/m0/s1. The summed E-state index contributed by atoms with van der Waals surface area (Å²) in [5.41, 5.74) is 2.13. The van der Waals surface area contributed by atoms with E-state index >= 15 is 0 Å². The van der Waals surface area contributed by atoms with E-state index in [1.165, 1.54) is 49.0 Å². The van der Waals surface area contributed by atoms with E-state index in [2.05, 4.69) is 17.4 Å². The first-order valence-corrected chi connectivity index (χ1v) is 17.8. The maximum atomic E-state index is 14.1. The van der Waals surface area contributed by atoms with Crippen LogP contribution in [0.2, 0.25) is 5.02 Å². The minimum absolute atomic E-state index is 0.0805. The van der Waals surface area contributed by atoms with Crippen LogP contribution in [0.3, 0.4) is 0 Å². The number of nitrogens with zero attached hydrogens (tertiary/aromatic N) is 2. The van der Waals surface area contributed by atoms with E-state index < -0.39 is 34.1 Å². The predicted molar refractivity (Wildman–Crippen MR) is 172 cm³/mol. The minimum atomic E-state index is -3.81. The zero-order valence-corrected chi connectivity index (χ0v) is 27.7. The normalized spacial score (nSPS) is 25.3. The zero-order chi connectivity index (χ0) is 31.2. The molecule has 9 heteroatoms. The van der Waals surface area contributed by atoms with Gasteiger partial charge in [0, 0.05) is 17.1 Å². The molecule has 234 valence electrons. The Balaban J connectivity index is 1.42. The van der Waals surface area contributed by atoms with Crippen LogP contribution in [-0.2, 0) is 31.6 Å². The Morgan fingerprint density at radius 3 is 2.02 bits per heavy atom. The van der Waals surface area contributed by atoms with Gasteiger partial charge in [0.2, 0.25) is 21.8 Å². The van der Waals surface area contributed by atoms with Crippen molar-refractivity contribution in [2.75, 3.05) is 17.1 Å². The molecule has 7 nitrogen and oxygen atoms in total. The molecule has 4 fully saturated rings. The lowest BCUT2D eigenvalue weighted by Gasteiger charge is -2.57. The highest BCUT2D eigenvalue weighted by Gasteiger charge is 2.51. The number of nitrogens with one attached hydrogen (secondary N) is 1. The van der Waals surface area contributed by atoms with Gasteiger partial charge in [0.15, 0.2) is 0 Å². The molecule has 2 aromatic rings. The topological polar surface area (TPSA) is 86.8 Å². The number of benzene rings is 2. The maximum absolute atomic E-state index is 14.1. The van der Waals surface area contributed by atoms with Crippen molar-refractivity contribution in [3.8, 4) is 0 Å². The lowest BCUT2D eigenvalue weighted by atomic mass is 9.48. The fourth-order valence-corrected chi connectivity index (χ4v) is 9.29. The third-order valence-electron chi connectivity index (χ3n) is 9.67. The van der Waals surface area contributed by atoms with Gasteiger partial charge in [-0.3, -0.25) is 13.9 Å². The number of carbonyl (C=O) groups is 2. The number of hydrogen-bond acceptors (Lipinski definition) is 4. The quantitative estimate of drug-likeness (QED) is 0.335. The van der Waals surface area contributed by atoms with Gasteiger partial charge in [0.25, 0.3) is 0 Å². The summed E-state index contributed by atoms with van der Waals surface area (Å²) in [4.78, 5) is 28.9. The van der Waals surface area contributed by atoms with E-state index in [-0.39, 0.29) is 17.9 Å². The molecule has 2 aromatic carbocycles. The van der Waals surface area contributed by atoms with Gasteiger partial charge in [-0.2, -0.15) is 0 Å². The number of amides is 2. The second kappa shape index (κ2) is 12.1. The Morgan fingerprint density at radius 2 is 1.53 bits per heavy atom. The smallest absolute Gasteiger partial charge is 0.244 e. The van der Waals surface area contributed by atoms with E-state index in [0.717, 1.165) is 28.3 Å². The predicted octanol–water partition coefficient (Wildman–Crippen LogP) is 6.30. The third-order valence-corrected chi connectivity index (χ3v) is 11.2. The van der Waals surface area contributed by atoms with Gasteiger partial charge >= 0.3 is 0 Å². The summed E-state index contributed by atoms with van der Waals surface area (Å²) in [5.74, 6) is 1.67. The van der Waals surface area contributed by atoms with Crippen LogP contribution in [0.1, 0.15) is 83.8 Å². The first-order chi connectivity index (χ1) is 20.2. The molecule has 4 aliphatic rings. The molecule has 2 amide bonds. The highest BCUT2D eigenvalue weighted by molar-refractivity contribution is 7.92. The number of rotatable bonds is 10. The van der Waals surface area contributed by atoms with E-state index in [9.17, 15) is 18.0 Å². The fraction of sp³-hybridized carbons (Fsp3) is 0.588. The molecule has 1 N–H and O–H groups in total. The number of carbonyl (C=O) groups excluding carboxylic acids is 2. The lowest BCUT2D eigenvalue weighted by Crippen LogP contribution is -2.55. The monoisotopic (exact) mass is 627 g/mol. The average Bonchev–Trinajstić information content (AvgIpc) is 2.90. The minimum Gasteiger partial charge on any atom is -0.350 e. The molecule has 0 aromatic heterocycles. The van der Waals surface area contributed by atoms with E-state index in [1.54, 1.807) is 12.1 Å². The van der Waals surface area contributed by atoms with Gasteiger partial charge in [-0.25, -0.2) is 8.42 Å². The highest BCUT2D eigenvalue weighted by atomic mass is 35.5. The van der Waals surface area contributed by atoms with Gasteiger partial charge in [-0.15, -0.1) is 0 Å². The van der Waals surface area contributed by atoms with Gasteiger partial charge in [-0.05, 0) is 118 Å². The Bertz CT molecular complexity index is 1420. The summed E-state index contributed by atoms with van der Waals surface area (Å²) in [6.07, 6.45) is 9.22. The van der Waals surface area contributed by atoms with Crippen LogP contribution in [0.5, 0.6) is 0 Å². The summed E-state index contributed by atoms with van der Waals surface area (Å²) in [6.45, 7) is 7.16. The summed E-state index contributed by atoms with van der Waals surface area (Å²) in [5, 5.41) is 3.46. The second-order valence-corrected chi connectivity index (χ2v) is 16.6. The molecule has 6 rings (SSSR count). The molecule has 0 spiro atoms. The molecular weight excluding hydrogens is 582 g/mol. The van der Waals surface area contributed by atoms with Crippen LogP contribution < -0.4 is 9.62 Å². The number of sulfonamides is 1. The van der Waals surface area contributed by atoms with Gasteiger partial charge in [0.05, 0.1) is 11.9 Å². The molecule has 4 bridgehead atoms. The fourth-order valence-electron chi connectivity index (χ4n) is 8.24. The van der Waals surface area contributed by atoms with Crippen molar-refractivity contribution in [1.82, 2.24) is 10.2 Å². The second-order valence-electron chi connectivity index (χ2n) is 14.3.